The summed E-state index contributed by atoms with van der Waals surface area (Å²) < 4.78 is 21.7. The molecule has 29 heavy (non-hydrogen) atoms. The van der Waals surface area contributed by atoms with E-state index >= 15 is 0 Å². The van der Waals surface area contributed by atoms with Crippen LogP contribution >= 0.6 is 0 Å². The van der Waals surface area contributed by atoms with Crippen molar-refractivity contribution < 1.29 is 28.5 Å². The first kappa shape index (κ1) is 22.3. The summed E-state index contributed by atoms with van der Waals surface area (Å²) in [5.41, 5.74) is -0.665. The quantitative estimate of drug-likeness (QED) is 0.436. The molecule has 6 heteroatoms. The molecule has 0 amide bonds. The van der Waals surface area contributed by atoms with E-state index in [2.05, 4.69) is 0 Å². The molecule has 1 atom stereocenters. The first-order valence-corrected chi connectivity index (χ1v) is 9.64. The Morgan fingerprint density at radius 2 is 1.38 bits per heavy atom. The number of rotatable bonds is 10. The normalized spacial score (nSPS) is 12.0. The number of ether oxygens (including phenoxy) is 4. The van der Waals surface area contributed by atoms with E-state index in [0.717, 1.165) is 5.56 Å². The highest BCUT2D eigenvalue weighted by atomic mass is 16.6. The van der Waals surface area contributed by atoms with Gasteiger partial charge in [-0.25, -0.2) is 0 Å². The minimum atomic E-state index is -1.50. The van der Waals surface area contributed by atoms with Gasteiger partial charge in [0.2, 0.25) is 0 Å². The van der Waals surface area contributed by atoms with Crippen LogP contribution in [0, 0.1) is 5.41 Å². The van der Waals surface area contributed by atoms with Gasteiger partial charge in [-0.1, -0.05) is 30.3 Å². The molecule has 6 nitrogen and oxygen atoms in total. The third-order valence-electron chi connectivity index (χ3n) is 4.55. The van der Waals surface area contributed by atoms with Crippen molar-refractivity contribution in [1.29, 1.82) is 0 Å². The van der Waals surface area contributed by atoms with Crippen molar-refractivity contribution in [3.63, 3.8) is 0 Å². The summed E-state index contributed by atoms with van der Waals surface area (Å²) in [5, 5.41) is 0. The average Bonchev–Trinajstić information content (AvgIpc) is 2.74. The fourth-order valence-electron chi connectivity index (χ4n) is 2.92. The zero-order chi connectivity index (χ0) is 21.3. The SMILES string of the molecule is CCOC(=O)C(C)(CC(Oc1ccc(OC)cc1)c1ccccc1)C(=O)OCC. The average molecular weight is 400 g/mol. The van der Waals surface area contributed by atoms with E-state index in [0.29, 0.717) is 11.5 Å². The van der Waals surface area contributed by atoms with Crippen LogP contribution in [-0.4, -0.2) is 32.3 Å². The largest absolute Gasteiger partial charge is 0.497 e. The lowest BCUT2D eigenvalue weighted by atomic mass is 9.82. The number of hydrogen-bond donors (Lipinski definition) is 0. The van der Waals surface area contributed by atoms with Crippen molar-refractivity contribution in [3.8, 4) is 11.5 Å². The lowest BCUT2D eigenvalue weighted by Crippen LogP contribution is -2.41. The first-order chi connectivity index (χ1) is 13.9. The first-order valence-electron chi connectivity index (χ1n) is 9.64. The van der Waals surface area contributed by atoms with Crippen LogP contribution < -0.4 is 9.47 Å². The van der Waals surface area contributed by atoms with E-state index in [1.807, 2.05) is 30.3 Å². The molecule has 0 radical (unpaired) electrons. The second-order valence-corrected chi connectivity index (χ2v) is 6.67. The van der Waals surface area contributed by atoms with Crippen molar-refractivity contribution in [2.45, 2.75) is 33.3 Å². The molecule has 0 bridgehead atoms. The van der Waals surface area contributed by atoms with E-state index in [1.165, 1.54) is 6.92 Å². The number of benzene rings is 2. The van der Waals surface area contributed by atoms with Crippen LogP contribution in [-0.2, 0) is 19.1 Å². The Bertz CT molecular complexity index is 767. The van der Waals surface area contributed by atoms with Crippen LogP contribution in [0.2, 0.25) is 0 Å². The fourth-order valence-corrected chi connectivity index (χ4v) is 2.92. The summed E-state index contributed by atoms with van der Waals surface area (Å²) in [4.78, 5) is 25.4. The summed E-state index contributed by atoms with van der Waals surface area (Å²) in [5.74, 6) is 0.0432. The molecule has 156 valence electrons. The second kappa shape index (κ2) is 10.5. The summed E-state index contributed by atoms with van der Waals surface area (Å²) in [6.45, 7) is 5.28. The highest BCUT2D eigenvalue weighted by Crippen LogP contribution is 2.36. The third kappa shape index (κ3) is 5.73. The molecule has 0 aliphatic rings. The smallest absolute Gasteiger partial charge is 0.323 e. The predicted molar refractivity (Wildman–Crippen MR) is 109 cm³/mol. The van der Waals surface area contributed by atoms with Crippen LogP contribution in [0.5, 0.6) is 11.5 Å². The Morgan fingerprint density at radius 1 is 0.862 bits per heavy atom. The maximum atomic E-state index is 12.7. The Balaban J connectivity index is 2.37. The Morgan fingerprint density at radius 3 is 1.86 bits per heavy atom. The van der Waals surface area contributed by atoms with Crippen LogP contribution in [0.15, 0.2) is 54.6 Å². The van der Waals surface area contributed by atoms with E-state index in [9.17, 15) is 9.59 Å². The van der Waals surface area contributed by atoms with Crippen molar-refractivity contribution in [1.82, 2.24) is 0 Å². The number of carbonyl (C=O) groups excluding carboxylic acids is 2. The van der Waals surface area contributed by atoms with E-state index < -0.39 is 23.5 Å². The monoisotopic (exact) mass is 400 g/mol. The van der Waals surface area contributed by atoms with Gasteiger partial charge < -0.3 is 18.9 Å². The van der Waals surface area contributed by atoms with Gasteiger partial charge in [-0.05, 0) is 50.6 Å². The molecule has 2 aromatic carbocycles. The lowest BCUT2D eigenvalue weighted by Gasteiger charge is -2.30. The summed E-state index contributed by atoms with van der Waals surface area (Å²) in [7, 11) is 1.59. The van der Waals surface area contributed by atoms with E-state index in [-0.39, 0.29) is 19.6 Å². The van der Waals surface area contributed by atoms with Gasteiger partial charge in [0.25, 0.3) is 0 Å². The van der Waals surface area contributed by atoms with Gasteiger partial charge in [0, 0.05) is 6.42 Å². The molecule has 0 aliphatic carbocycles. The molecular formula is C23H28O6. The van der Waals surface area contributed by atoms with Gasteiger partial charge in [0.05, 0.1) is 20.3 Å². The van der Waals surface area contributed by atoms with E-state index in [4.69, 9.17) is 18.9 Å². The molecule has 0 saturated heterocycles. The molecule has 1 unspecified atom stereocenters. The summed E-state index contributed by atoms with van der Waals surface area (Å²) >= 11 is 0. The molecule has 2 aromatic rings. The van der Waals surface area contributed by atoms with Crippen molar-refractivity contribution in [2.24, 2.45) is 5.41 Å². The van der Waals surface area contributed by atoms with Crippen LogP contribution in [0.25, 0.3) is 0 Å². The van der Waals surface area contributed by atoms with Gasteiger partial charge in [0.15, 0.2) is 5.41 Å². The lowest BCUT2D eigenvalue weighted by molar-refractivity contribution is -0.172. The van der Waals surface area contributed by atoms with Crippen molar-refractivity contribution in [3.05, 3.63) is 60.2 Å². The standard InChI is InChI=1S/C23H28O6/c1-5-27-21(24)23(3,22(25)28-6-2)16-20(17-10-8-7-9-11-17)29-19-14-12-18(26-4)13-15-19/h7-15,20H,5-6,16H2,1-4H3. The van der Waals surface area contributed by atoms with Gasteiger partial charge >= 0.3 is 11.9 Å². The maximum Gasteiger partial charge on any atom is 0.323 e. The zero-order valence-corrected chi connectivity index (χ0v) is 17.3. The molecule has 0 heterocycles. The van der Waals surface area contributed by atoms with Gasteiger partial charge in [-0.3, -0.25) is 9.59 Å². The Kier molecular flexibility index (Phi) is 8.07. The second-order valence-electron chi connectivity index (χ2n) is 6.67. The minimum absolute atomic E-state index is 0.0701. The van der Waals surface area contributed by atoms with Crippen molar-refractivity contribution >= 4 is 11.9 Å². The van der Waals surface area contributed by atoms with Crippen LogP contribution in [0.3, 0.4) is 0 Å². The maximum absolute atomic E-state index is 12.7. The van der Waals surface area contributed by atoms with Crippen LogP contribution in [0.4, 0.5) is 0 Å². The Labute approximate surface area is 171 Å². The number of hydrogen-bond acceptors (Lipinski definition) is 6. The van der Waals surface area contributed by atoms with Gasteiger partial charge in [-0.15, -0.1) is 0 Å². The number of carbonyl (C=O) groups is 2. The molecule has 0 aromatic heterocycles. The number of methoxy groups -OCH3 is 1. The zero-order valence-electron chi connectivity index (χ0n) is 17.3. The molecule has 0 spiro atoms. The van der Waals surface area contributed by atoms with Gasteiger partial charge in [-0.2, -0.15) is 0 Å². The third-order valence-corrected chi connectivity index (χ3v) is 4.55. The minimum Gasteiger partial charge on any atom is -0.497 e. The van der Waals surface area contributed by atoms with Crippen molar-refractivity contribution in [2.75, 3.05) is 20.3 Å². The summed E-state index contributed by atoms with van der Waals surface area (Å²) in [6, 6.07) is 16.6. The number of esters is 2. The van der Waals surface area contributed by atoms with Crippen LogP contribution in [0.1, 0.15) is 38.9 Å². The predicted octanol–water partition coefficient (Wildman–Crippen LogP) is 4.34. The fraction of sp³-hybridized carbons (Fsp3) is 0.391. The molecule has 0 N–H and O–H groups in total. The topological polar surface area (TPSA) is 71.1 Å². The highest BCUT2D eigenvalue weighted by molar-refractivity contribution is 5.99. The molecule has 0 aliphatic heterocycles. The highest BCUT2D eigenvalue weighted by Gasteiger charge is 2.46. The molecule has 2 rings (SSSR count). The molecular weight excluding hydrogens is 372 g/mol. The summed E-state index contributed by atoms with van der Waals surface area (Å²) in [6.07, 6.45) is -0.496. The molecule has 0 fully saturated rings. The Hall–Kier alpha value is -3.02. The molecule has 0 saturated carbocycles. The van der Waals surface area contributed by atoms with Gasteiger partial charge in [0.1, 0.15) is 17.6 Å². The van der Waals surface area contributed by atoms with E-state index in [1.54, 1.807) is 45.2 Å².